The largest absolute Gasteiger partial charge is 0.481 e. The average Bonchev–Trinajstić information content (AvgIpc) is 3.53. The van der Waals surface area contributed by atoms with Gasteiger partial charge in [-0.25, -0.2) is 9.37 Å². The van der Waals surface area contributed by atoms with Gasteiger partial charge >= 0.3 is 0 Å². The summed E-state index contributed by atoms with van der Waals surface area (Å²) in [5, 5.41) is 7.13. The monoisotopic (exact) mass is 435 g/mol. The van der Waals surface area contributed by atoms with Gasteiger partial charge < -0.3 is 14.5 Å². The number of anilines is 1. The predicted octanol–water partition coefficient (Wildman–Crippen LogP) is 2.86. The Morgan fingerprint density at radius 2 is 2.12 bits per heavy atom. The molecule has 2 N–H and O–H groups in total. The molecule has 10 heteroatoms. The highest BCUT2D eigenvalue weighted by atomic mass is 19.1. The highest BCUT2D eigenvalue weighted by Gasteiger charge is 2.21. The number of carbonyl (C=O) groups excluding carboxylic acids is 1. The van der Waals surface area contributed by atoms with Gasteiger partial charge in [0.25, 0.3) is 11.5 Å². The molecule has 0 unspecified atom stereocenters. The van der Waals surface area contributed by atoms with E-state index in [9.17, 15) is 14.0 Å². The number of furan rings is 1. The Kier molecular flexibility index (Phi) is 5.02. The Balaban J connectivity index is 1.45. The number of aromatic amines is 1. The SMILES string of the molecule is O=C(COc1ccccc1F)Nc1cc(-c2ccco2)nn1-c1nc2c(c(=O)[nH]1)CCC2. The molecule has 1 aliphatic rings. The number of nitrogens with one attached hydrogen (secondary N) is 2. The normalized spacial score (nSPS) is 12.5. The quantitative estimate of drug-likeness (QED) is 0.481. The number of aromatic nitrogens is 4. The molecule has 0 spiro atoms. The molecule has 0 fully saturated rings. The van der Waals surface area contributed by atoms with Gasteiger partial charge in [0.1, 0.15) is 11.5 Å². The fraction of sp³-hybridized carbons (Fsp3) is 0.182. The molecule has 0 saturated carbocycles. The van der Waals surface area contributed by atoms with E-state index in [1.807, 2.05) is 0 Å². The molecule has 4 aromatic rings. The highest BCUT2D eigenvalue weighted by Crippen LogP contribution is 2.25. The number of carbonyl (C=O) groups is 1. The number of benzene rings is 1. The molecule has 1 aromatic carbocycles. The zero-order valence-electron chi connectivity index (χ0n) is 16.8. The van der Waals surface area contributed by atoms with Crippen LogP contribution >= 0.6 is 0 Å². The molecule has 1 aliphatic carbocycles. The van der Waals surface area contributed by atoms with Gasteiger partial charge in [-0.05, 0) is 43.5 Å². The van der Waals surface area contributed by atoms with Crippen molar-refractivity contribution in [1.29, 1.82) is 0 Å². The molecule has 0 atom stereocenters. The van der Waals surface area contributed by atoms with E-state index in [4.69, 9.17) is 9.15 Å². The minimum Gasteiger partial charge on any atom is -0.481 e. The number of fused-ring (bicyclic) bond motifs is 1. The number of ether oxygens (including phenoxy) is 1. The summed E-state index contributed by atoms with van der Waals surface area (Å²) in [6.45, 7) is -0.420. The molecule has 0 bridgehead atoms. The molecule has 1 amide bonds. The van der Waals surface area contributed by atoms with Crippen molar-refractivity contribution in [1.82, 2.24) is 19.7 Å². The smallest absolute Gasteiger partial charge is 0.263 e. The summed E-state index contributed by atoms with van der Waals surface area (Å²) < 4.78 is 25.7. The van der Waals surface area contributed by atoms with Gasteiger partial charge in [0.05, 0.1) is 12.0 Å². The van der Waals surface area contributed by atoms with Crippen molar-refractivity contribution >= 4 is 11.7 Å². The van der Waals surface area contributed by atoms with Gasteiger partial charge in [0, 0.05) is 11.6 Å². The maximum atomic E-state index is 13.7. The molecular weight excluding hydrogens is 417 g/mol. The van der Waals surface area contributed by atoms with Crippen LogP contribution in [0.25, 0.3) is 17.4 Å². The average molecular weight is 435 g/mol. The highest BCUT2D eigenvalue weighted by molar-refractivity contribution is 5.91. The van der Waals surface area contributed by atoms with Crippen LogP contribution in [-0.2, 0) is 17.6 Å². The first-order chi connectivity index (χ1) is 15.6. The number of halogens is 1. The number of hydrogen-bond acceptors (Lipinski definition) is 6. The number of H-pyrrole nitrogens is 1. The number of amides is 1. The molecule has 9 nitrogen and oxygen atoms in total. The molecule has 0 radical (unpaired) electrons. The van der Waals surface area contributed by atoms with E-state index in [2.05, 4.69) is 20.4 Å². The van der Waals surface area contributed by atoms with E-state index >= 15 is 0 Å². The van der Waals surface area contributed by atoms with E-state index < -0.39 is 18.3 Å². The maximum absolute atomic E-state index is 13.7. The Labute approximate surface area is 180 Å². The fourth-order valence-electron chi connectivity index (χ4n) is 3.59. The second kappa shape index (κ2) is 8.14. The first-order valence-corrected chi connectivity index (χ1v) is 10.0. The Morgan fingerprint density at radius 3 is 2.94 bits per heavy atom. The molecule has 3 aromatic heterocycles. The molecular formula is C22H18FN5O4. The minimum absolute atomic E-state index is 0.0305. The maximum Gasteiger partial charge on any atom is 0.263 e. The Bertz CT molecular complexity index is 1340. The zero-order valence-corrected chi connectivity index (χ0v) is 16.8. The van der Waals surface area contributed by atoms with Gasteiger partial charge in [-0.1, -0.05) is 12.1 Å². The first kappa shape index (κ1) is 19.7. The number of rotatable bonds is 6. The minimum atomic E-state index is -0.564. The lowest BCUT2D eigenvalue weighted by atomic mass is 10.3. The van der Waals surface area contributed by atoms with Crippen LogP contribution in [0.3, 0.4) is 0 Å². The van der Waals surface area contributed by atoms with Gasteiger partial charge in [-0.2, -0.15) is 9.78 Å². The lowest BCUT2D eigenvalue weighted by Crippen LogP contribution is -2.24. The predicted molar refractivity (Wildman–Crippen MR) is 112 cm³/mol. The number of para-hydroxylation sites is 1. The van der Waals surface area contributed by atoms with Crippen molar-refractivity contribution in [2.24, 2.45) is 0 Å². The summed E-state index contributed by atoms with van der Waals surface area (Å²) in [7, 11) is 0. The van der Waals surface area contributed by atoms with Crippen LogP contribution < -0.4 is 15.6 Å². The van der Waals surface area contributed by atoms with E-state index in [0.29, 0.717) is 29.9 Å². The van der Waals surface area contributed by atoms with Crippen molar-refractivity contribution in [3.05, 3.63) is 76.2 Å². The van der Waals surface area contributed by atoms with Gasteiger partial charge in [0.15, 0.2) is 23.9 Å². The van der Waals surface area contributed by atoms with Gasteiger partial charge in [-0.15, -0.1) is 0 Å². The van der Waals surface area contributed by atoms with Gasteiger partial charge in [0.2, 0.25) is 5.95 Å². The summed E-state index contributed by atoms with van der Waals surface area (Å²) in [6, 6.07) is 10.8. The van der Waals surface area contributed by atoms with E-state index in [1.54, 1.807) is 24.3 Å². The standard InChI is InChI=1S/C22H18FN5O4/c23-14-6-1-2-8-17(14)32-12-20(29)25-19-11-16(18-9-4-10-31-18)27-28(19)22-24-15-7-3-5-13(15)21(30)26-22/h1-2,4,6,8-11H,3,5,7,12H2,(H,25,29)(H,24,26,30). The lowest BCUT2D eigenvalue weighted by molar-refractivity contribution is -0.118. The van der Waals surface area contributed by atoms with Gasteiger partial charge in [-0.3, -0.25) is 14.6 Å². The van der Waals surface area contributed by atoms with E-state index in [1.165, 1.54) is 29.1 Å². The number of hydrogen-bond donors (Lipinski definition) is 2. The van der Waals surface area contributed by atoms with Crippen molar-refractivity contribution in [3.63, 3.8) is 0 Å². The van der Waals surface area contributed by atoms with Crippen LogP contribution in [0.1, 0.15) is 17.7 Å². The summed E-state index contributed by atoms with van der Waals surface area (Å²) in [4.78, 5) is 32.2. The molecule has 3 heterocycles. The van der Waals surface area contributed by atoms with Crippen LogP contribution in [0.2, 0.25) is 0 Å². The Morgan fingerprint density at radius 1 is 1.25 bits per heavy atom. The first-order valence-electron chi connectivity index (χ1n) is 10.0. The van der Waals surface area contributed by atoms with Crippen LogP contribution in [0, 0.1) is 5.82 Å². The van der Waals surface area contributed by atoms with Crippen molar-refractivity contribution in [3.8, 4) is 23.2 Å². The summed E-state index contributed by atoms with van der Waals surface area (Å²) in [6.07, 6.45) is 3.76. The van der Waals surface area contributed by atoms with Crippen molar-refractivity contribution in [2.45, 2.75) is 19.3 Å². The fourth-order valence-corrected chi connectivity index (χ4v) is 3.59. The third kappa shape index (κ3) is 3.78. The summed E-state index contributed by atoms with van der Waals surface area (Å²) in [5.74, 6) is -0.227. The summed E-state index contributed by atoms with van der Waals surface area (Å²) in [5.41, 5.74) is 1.61. The van der Waals surface area contributed by atoms with Crippen molar-refractivity contribution in [2.75, 3.05) is 11.9 Å². The zero-order chi connectivity index (χ0) is 22.1. The lowest BCUT2D eigenvalue weighted by Gasteiger charge is -2.10. The second-order valence-corrected chi connectivity index (χ2v) is 7.24. The third-order valence-electron chi connectivity index (χ3n) is 5.08. The van der Waals surface area contributed by atoms with Crippen LogP contribution in [0.4, 0.5) is 10.2 Å². The number of aryl methyl sites for hydroxylation is 1. The molecule has 5 rings (SSSR count). The molecule has 32 heavy (non-hydrogen) atoms. The topological polar surface area (TPSA) is 115 Å². The van der Waals surface area contributed by atoms with Crippen LogP contribution in [-0.4, -0.2) is 32.3 Å². The third-order valence-corrected chi connectivity index (χ3v) is 5.08. The van der Waals surface area contributed by atoms with Crippen LogP contribution in [0.15, 0.2) is 57.9 Å². The second-order valence-electron chi connectivity index (χ2n) is 7.24. The Hall–Kier alpha value is -4.21. The number of nitrogens with zero attached hydrogens (tertiary/aromatic N) is 3. The van der Waals surface area contributed by atoms with Crippen molar-refractivity contribution < 1.29 is 18.3 Å². The molecule has 162 valence electrons. The van der Waals surface area contributed by atoms with E-state index in [-0.39, 0.29) is 23.1 Å². The summed E-state index contributed by atoms with van der Waals surface area (Å²) >= 11 is 0. The molecule has 0 saturated heterocycles. The van der Waals surface area contributed by atoms with E-state index in [0.717, 1.165) is 12.1 Å². The molecule has 0 aliphatic heterocycles. The van der Waals surface area contributed by atoms with Crippen LogP contribution in [0.5, 0.6) is 5.75 Å².